The Labute approximate surface area is 97.9 Å². The number of hydrogen-bond donors (Lipinski definition) is 0. The Morgan fingerprint density at radius 3 is 2.69 bits per heavy atom. The van der Waals surface area contributed by atoms with Crippen molar-refractivity contribution < 1.29 is 14.3 Å². The zero-order valence-corrected chi connectivity index (χ0v) is 10.4. The lowest BCUT2D eigenvalue weighted by Gasteiger charge is -2.28. The monoisotopic (exact) mass is 229 g/mol. The van der Waals surface area contributed by atoms with Gasteiger partial charge in [-0.25, -0.2) is 0 Å². The molecular formula is C12H23NO3. The average Bonchev–Trinajstić information content (AvgIpc) is 2.30. The summed E-state index contributed by atoms with van der Waals surface area (Å²) in [5.41, 5.74) is 0. The molecule has 0 spiro atoms. The van der Waals surface area contributed by atoms with Gasteiger partial charge in [0.1, 0.15) is 0 Å². The van der Waals surface area contributed by atoms with Crippen molar-refractivity contribution in [3.05, 3.63) is 0 Å². The highest BCUT2D eigenvalue weighted by Gasteiger charge is 2.18. The average molecular weight is 229 g/mol. The molecule has 0 amide bonds. The first-order valence-corrected chi connectivity index (χ1v) is 6.13. The molecule has 0 N–H and O–H groups in total. The largest absolute Gasteiger partial charge is 0.468 e. The highest BCUT2D eigenvalue weighted by atomic mass is 16.5. The van der Waals surface area contributed by atoms with E-state index in [1.807, 2.05) is 0 Å². The van der Waals surface area contributed by atoms with Crippen molar-refractivity contribution in [2.45, 2.75) is 26.2 Å². The van der Waals surface area contributed by atoms with Crippen LogP contribution in [0, 0.1) is 5.92 Å². The Bertz CT molecular complexity index is 202. The molecule has 94 valence electrons. The Hall–Kier alpha value is -0.610. The lowest BCUT2D eigenvalue weighted by molar-refractivity contribution is -0.142. The summed E-state index contributed by atoms with van der Waals surface area (Å²) in [6.07, 6.45) is 3.29. The van der Waals surface area contributed by atoms with Gasteiger partial charge in [0.15, 0.2) is 0 Å². The van der Waals surface area contributed by atoms with Gasteiger partial charge in [0, 0.05) is 19.8 Å². The first kappa shape index (κ1) is 13.5. The molecule has 4 heteroatoms. The zero-order valence-electron chi connectivity index (χ0n) is 10.4. The number of ether oxygens (including phenoxy) is 2. The molecule has 4 nitrogen and oxygen atoms in total. The summed E-state index contributed by atoms with van der Waals surface area (Å²) < 4.78 is 10.0. The Kier molecular flexibility index (Phi) is 6.42. The summed E-state index contributed by atoms with van der Waals surface area (Å²) in [7, 11) is 1.45. The second kappa shape index (κ2) is 7.63. The van der Waals surface area contributed by atoms with E-state index in [0.717, 1.165) is 45.6 Å². The minimum absolute atomic E-state index is 0.138. The van der Waals surface area contributed by atoms with Gasteiger partial charge >= 0.3 is 5.97 Å². The van der Waals surface area contributed by atoms with Gasteiger partial charge in [-0.2, -0.15) is 0 Å². The van der Waals surface area contributed by atoms with E-state index >= 15 is 0 Å². The fourth-order valence-corrected chi connectivity index (χ4v) is 2.09. The number of rotatable bonds is 6. The molecule has 0 atom stereocenters. The van der Waals surface area contributed by atoms with Crippen LogP contribution in [0.3, 0.4) is 0 Å². The summed E-state index contributed by atoms with van der Waals surface area (Å²) in [5, 5.41) is 0. The first-order chi connectivity index (χ1) is 7.76. The number of carbonyl (C=O) groups excluding carboxylic acids is 1. The van der Waals surface area contributed by atoms with Crippen LogP contribution < -0.4 is 0 Å². The van der Waals surface area contributed by atoms with E-state index in [1.54, 1.807) is 0 Å². The molecule has 1 aliphatic heterocycles. The van der Waals surface area contributed by atoms with Crippen molar-refractivity contribution in [2.75, 3.05) is 40.0 Å². The molecule has 1 heterocycles. The van der Waals surface area contributed by atoms with E-state index in [2.05, 4.69) is 11.8 Å². The van der Waals surface area contributed by atoms with E-state index in [4.69, 9.17) is 9.47 Å². The van der Waals surface area contributed by atoms with E-state index < -0.39 is 0 Å². The van der Waals surface area contributed by atoms with Crippen LogP contribution in [-0.2, 0) is 14.3 Å². The summed E-state index contributed by atoms with van der Waals surface area (Å²) in [5.74, 6) is 0.533. The molecule has 1 fully saturated rings. The number of methoxy groups -OCH3 is 1. The van der Waals surface area contributed by atoms with Gasteiger partial charge in [-0.1, -0.05) is 6.92 Å². The number of carbonyl (C=O) groups is 1. The maximum atomic E-state index is 11.3. The fraction of sp³-hybridized carbons (Fsp3) is 0.917. The van der Waals surface area contributed by atoms with Crippen LogP contribution in [0.25, 0.3) is 0 Å². The van der Waals surface area contributed by atoms with Crippen LogP contribution in [-0.4, -0.2) is 50.8 Å². The molecule has 1 rings (SSSR count). The quantitative estimate of drug-likeness (QED) is 0.643. The minimum atomic E-state index is -0.138. The van der Waals surface area contributed by atoms with Crippen LogP contribution in [0.1, 0.15) is 26.2 Å². The van der Waals surface area contributed by atoms with E-state index in [0.29, 0.717) is 12.5 Å². The van der Waals surface area contributed by atoms with Crippen LogP contribution in [0.5, 0.6) is 0 Å². The second-order valence-electron chi connectivity index (χ2n) is 4.37. The van der Waals surface area contributed by atoms with Crippen molar-refractivity contribution in [3.63, 3.8) is 0 Å². The molecule has 0 radical (unpaired) electrons. The molecule has 0 aliphatic carbocycles. The summed E-state index contributed by atoms with van der Waals surface area (Å²) >= 11 is 0. The van der Waals surface area contributed by atoms with E-state index in [9.17, 15) is 4.79 Å². The molecule has 0 bridgehead atoms. The fourth-order valence-electron chi connectivity index (χ4n) is 2.09. The predicted octanol–water partition coefficient (Wildman–Crippen LogP) is 1.30. The third-order valence-corrected chi connectivity index (χ3v) is 2.98. The second-order valence-corrected chi connectivity index (χ2v) is 4.37. The maximum Gasteiger partial charge on any atom is 0.319 e. The molecule has 0 saturated carbocycles. The van der Waals surface area contributed by atoms with Gasteiger partial charge in [0.2, 0.25) is 0 Å². The smallest absolute Gasteiger partial charge is 0.319 e. The normalized spacial score (nSPS) is 17.7. The molecule has 0 aromatic heterocycles. The third kappa shape index (κ3) is 4.94. The van der Waals surface area contributed by atoms with Crippen LogP contribution in [0.15, 0.2) is 0 Å². The van der Waals surface area contributed by atoms with Crippen molar-refractivity contribution in [1.29, 1.82) is 0 Å². The van der Waals surface area contributed by atoms with Gasteiger partial charge in [-0.15, -0.1) is 0 Å². The topological polar surface area (TPSA) is 38.8 Å². The number of nitrogens with zero attached hydrogens (tertiary/aromatic N) is 1. The van der Waals surface area contributed by atoms with Gasteiger partial charge < -0.3 is 9.47 Å². The zero-order chi connectivity index (χ0) is 11.8. The highest BCUT2D eigenvalue weighted by molar-refractivity contribution is 5.71. The predicted molar refractivity (Wildman–Crippen MR) is 62.3 cm³/mol. The maximum absolute atomic E-state index is 11.3. The highest BCUT2D eigenvalue weighted by Crippen LogP contribution is 2.16. The molecule has 0 unspecified atom stereocenters. The van der Waals surface area contributed by atoms with Crippen molar-refractivity contribution in [1.82, 2.24) is 4.90 Å². The Morgan fingerprint density at radius 1 is 1.44 bits per heavy atom. The lowest BCUT2D eigenvalue weighted by atomic mass is 9.99. The standard InChI is InChI=1S/C12H23NO3/c1-3-6-13(10-12(14)15-2)9-11-4-7-16-8-5-11/h11H,3-10H2,1-2H3. The van der Waals surface area contributed by atoms with Gasteiger partial charge in [0.25, 0.3) is 0 Å². The van der Waals surface area contributed by atoms with E-state index in [-0.39, 0.29) is 5.97 Å². The minimum Gasteiger partial charge on any atom is -0.468 e. The lowest BCUT2D eigenvalue weighted by Crippen LogP contribution is -2.37. The number of esters is 1. The van der Waals surface area contributed by atoms with Gasteiger partial charge in [-0.05, 0) is 31.7 Å². The summed E-state index contributed by atoms with van der Waals surface area (Å²) in [6, 6.07) is 0. The SMILES string of the molecule is CCCN(CC(=O)OC)CC1CCOCC1. The van der Waals surface area contributed by atoms with Crippen LogP contribution in [0.4, 0.5) is 0 Å². The van der Waals surface area contributed by atoms with E-state index in [1.165, 1.54) is 7.11 Å². The first-order valence-electron chi connectivity index (χ1n) is 6.13. The summed E-state index contributed by atoms with van der Waals surface area (Å²) in [6.45, 7) is 6.24. The molecule has 0 aromatic rings. The molecule has 1 saturated heterocycles. The number of hydrogen-bond acceptors (Lipinski definition) is 4. The van der Waals surface area contributed by atoms with Crippen LogP contribution in [0.2, 0.25) is 0 Å². The molecule has 16 heavy (non-hydrogen) atoms. The third-order valence-electron chi connectivity index (χ3n) is 2.98. The van der Waals surface area contributed by atoms with Crippen LogP contribution >= 0.6 is 0 Å². The van der Waals surface area contributed by atoms with Gasteiger partial charge in [0.05, 0.1) is 13.7 Å². The van der Waals surface area contributed by atoms with Crippen molar-refractivity contribution >= 4 is 5.97 Å². The molecule has 1 aliphatic rings. The Balaban J connectivity index is 2.33. The molecule has 0 aromatic carbocycles. The van der Waals surface area contributed by atoms with Gasteiger partial charge in [-0.3, -0.25) is 9.69 Å². The molecular weight excluding hydrogens is 206 g/mol. The van der Waals surface area contributed by atoms with Crippen molar-refractivity contribution in [2.24, 2.45) is 5.92 Å². The summed E-state index contributed by atoms with van der Waals surface area (Å²) in [4.78, 5) is 13.4. The Morgan fingerprint density at radius 2 is 2.12 bits per heavy atom. The van der Waals surface area contributed by atoms with Crippen molar-refractivity contribution in [3.8, 4) is 0 Å².